The lowest BCUT2D eigenvalue weighted by atomic mass is 9.78. The minimum atomic E-state index is -0.534. The summed E-state index contributed by atoms with van der Waals surface area (Å²) in [7, 11) is 0. The van der Waals surface area contributed by atoms with Crippen LogP contribution in [0.4, 0.5) is 17.3 Å². The Balaban J connectivity index is 1.41. The van der Waals surface area contributed by atoms with Gasteiger partial charge in [-0.3, -0.25) is 10.2 Å². The lowest BCUT2D eigenvalue weighted by molar-refractivity contribution is -0.117. The second-order valence-corrected chi connectivity index (χ2v) is 9.70. The Morgan fingerprint density at radius 1 is 1.29 bits per heavy atom. The van der Waals surface area contributed by atoms with Crippen molar-refractivity contribution in [3.8, 4) is 0 Å². The number of aromatic nitrogens is 3. The van der Waals surface area contributed by atoms with E-state index in [1.54, 1.807) is 0 Å². The minimum absolute atomic E-state index is 0.00906. The zero-order chi connectivity index (χ0) is 24.7. The summed E-state index contributed by atoms with van der Waals surface area (Å²) in [5, 5.41) is 29.8. The maximum atomic E-state index is 12.1. The van der Waals surface area contributed by atoms with E-state index in [1.807, 2.05) is 53.4 Å². The molecule has 3 aromatic rings. The molecule has 1 saturated heterocycles. The number of nitrogens with one attached hydrogen (secondary N) is 3. The Hall–Kier alpha value is -3.98. The third-order valence-electron chi connectivity index (χ3n) is 6.65. The first kappa shape index (κ1) is 22.8. The summed E-state index contributed by atoms with van der Waals surface area (Å²) in [5.74, 6) is 0.785. The molecule has 1 amide bonds. The van der Waals surface area contributed by atoms with E-state index in [2.05, 4.69) is 41.1 Å². The molecule has 1 fully saturated rings. The fourth-order valence-electron chi connectivity index (χ4n) is 4.98. The lowest BCUT2D eigenvalue weighted by Gasteiger charge is -2.32. The van der Waals surface area contributed by atoms with Crippen molar-refractivity contribution in [2.75, 3.05) is 17.2 Å². The molecule has 4 N–H and O–H groups in total. The number of aliphatic hydroxyl groups is 1. The van der Waals surface area contributed by atoms with Gasteiger partial charge in [-0.05, 0) is 29.7 Å². The van der Waals surface area contributed by atoms with Crippen LogP contribution in [-0.4, -0.2) is 49.2 Å². The average molecular weight is 472 g/mol. The number of likely N-dealkylation sites (tertiary alicyclic amines) is 1. The fourth-order valence-corrected chi connectivity index (χ4v) is 4.98. The molecule has 9 heteroatoms. The van der Waals surface area contributed by atoms with E-state index in [0.29, 0.717) is 31.2 Å². The quantitative estimate of drug-likeness (QED) is 0.331. The first-order chi connectivity index (χ1) is 16.7. The Morgan fingerprint density at radius 3 is 2.80 bits per heavy atom. The number of aliphatic hydroxyl groups excluding tert-OH is 1. The molecule has 2 unspecified atom stereocenters. The molecule has 1 aromatic heterocycles. The van der Waals surface area contributed by atoms with Crippen molar-refractivity contribution in [1.29, 1.82) is 5.41 Å². The summed E-state index contributed by atoms with van der Waals surface area (Å²) in [6, 6.07) is 15.5. The zero-order valence-corrected chi connectivity index (χ0v) is 19.8. The number of amidine groups is 1. The monoisotopic (exact) mass is 471 g/mol. The van der Waals surface area contributed by atoms with E-state index < -0.39 is 6.10 Å². The van der Waals surface area contributed by atoms with E-state index in [4.69, 9.17) is 5.41 Å². The molecule has 0 bridgehead atoms. The molecule has 2 atom stereocenters. The Bertz CT molecular complexity index is 1300. The maximum absolute atomic E-state index is 12.1. The van der Waals surface area contributed by atoms with Crippen LogP contribution in [0.25, 0.3) is 6.20 Å². The van der Waals surface area contributed by atoms with Crippen LogP contribution in [0, 0.1) is 5.41 Å². The molecule has 0 aliphatic carbocycles. The van der Waals surface area contributed by atoms with Crippen molar-refractivity contribution in [1.82, 2.24) is 19.7 Å². The zero-order valence-electron chi connectivity index (χ0n) is 19.8. The van der Waals surface area contributed by atoms with E-state index in [0.717, 1.165) is 22.5 Å². The highest BCUT2D eigenvalue weighted by Crippen LogP contribution is 2.39. The minimum Gasteiger partial charge on any atom is -0.391 e. The Morgan fingerprint density at radius 2 is 2.06 bits per heavy atom. The van der Waals surface area contributed by atoms with Gasteiger partial charge in [0.05, 0.1) is 12.1 Å². The van der Waals surface area contributed by atoms with E-state index in [-0.39, 0.29) is 23.2 Å². The number of rotatable bonds is 5. The van der Waals surface area contributed by atoms with Gasteiger partial charge in [0.2, 0.25) is 11.9 Å². The molecular weight excluding hydrogens is 442 g/mol. The molecule has 2 aliphatic rings. The fraction of sp³-hybridized carbons (Fsp3) is 0.308. The van der Waals surface area contributed by atoms with Crippen LogP contribution in [0.1, 0.15) is 49.7 Å². The predicted molar refractivity (Wildman–Crippen MR) is 136 cm³/mol. The standard InChI is InChI=1S/C26H29N7O2/c1-4-33-24(23(27)32-15-18(34)13-21(32)16-8-6-5-7-9-16)30-25(31-33)28-17-10-11-19-20(12-17)29-22(35)14-26(19,2)3/h4-12,18,21,27,34H,1,13-15H2,2-3H3,(H,28,31)(H,29,35). The van der Waals surface area contributed by atoms with Crippen molar-refractivity contribution >= 4 is 35.3 Å². The molecule has 0 radical (unpaired) electrons. The molecule has 0 saturated carbocycles. The highest BCUT2D eigenvalue weighted by molar-refractivity contribution is 5.96. The molecule has 5 rings (SSSR count). The molecule has 0 spiro atoms. The van der Waals surface area contributed by atoms with Crippen LogP contribution < -0.4 is 10.6 Å². The highest BCUT2D eigenvalue weighted by Gasteiger charge is 2.36. The van der Waals surface area contributed by atoms with Gasteiger partial charge in [0.25, 0.3) is 0 Å². The molecule has 3 heterocycles. The number of benzene rings is 2. The second kappa shape index (κ2) is 8.66. The van der Waals surface area contributed by atoms with Crippen LogP contribution in [-0.2, 0) is 10.2 Å². The smallest absolute Gasteiger partial charge is 0.247 e. The van der Waals surface area contributed by atoms with Crippen molar-refractivity contribution in [3.05, 3.63) is 72.1 Å². The van der Waals surface area contributed by atoms with Gasteiger partial charge in [-0.15, -0.1) is 5.10 Å². The molecule has 2 aliphatic heterocycles. The van der Waals surface area contributed by atoms with Crippen molar-refractivity contribution < 1.29 is 9.90 Å². The van der Waals surface area contributed by atoms with Gasteiger partial charge in [-0.25, -0.2) is 4.68 Å². The number of hydrogen-bond donors (Lipinski definition) is 4. The molecular formula is C26H29N7O2. The van der Waals surface area contributed by atoms with Crippen molar-refractivity contribution in [2.24, 2.45) is 0 Å². The number of carbonyl (C=O) groups excluding carboxylic acids is 1. The SMILES string of the molecule is C=Cn1nc(Nc2ccc3c(c2)NC(=O)CC3(C)C)nc1C(=N)N1CC(O)CC1c1ccccc1. The van der Waals surface area contributed by atoms with E-state index >= 15 is 0 Å². The first-order valence-electron chi connectivity index (χ1n) is 11.6. The molecule has 180 valence electrons. The highest BCUT2D eigenvalue weighted by atomic mass is 16.3. The van der Waals surface area contributed by atoms with Gasteiger partial charge >= 0.3 is 0 Å². The van der Waals surface area contributed by atoms with Gasteiger partial charge in [0.15, 0.2) is 11.7 Å². The van der Waals surface area contributed by atoms with Crippen LogP contribution in [0.5, 0.6) is 0 Å². The number of fused-ring (bicyclic) bond motifs is 1. The molecule has 2 aromatic carbocycles. The number of carbonyl (C=O) groups is 1. The third kappa shape index (κ3) is 4.30. The summed E-state index contributed by atoms with van der Waals surface area (Å²) in [4.78, 5) is 18.5. The van der Waals surface area contributed by atoms with Crippen LogP contribution in [0.3, 0.4) is 0 Å². The number of hydrogen-bond acceptors (Lipinski definition) is 6. The summed E-state index contributed by atoms with van der Waals surface area (Å²) < 4.78 is 1.46. The number of nitrogens with zero attached hydrogens (tertiary/aromatic N) is 4. The number of β-amino-alcohol motifs (C(OH)–C–C–N with tert-alkyl or cyclic N) is 1. The summed E-state index contributed by atoms with van der Waals surface area (Å²) in [6.45, 7) is 8.27. The van der Waals surface area contributed by atoms with Crippen molar-refractivity contribution in [2.45, 2.75) is 44.2 Å². The third-order valence-corrected chi connectivity index (χ3v) is 6.65. The van der Waals surface area contributed by atoms with Gasteiger partial charge in [-0.1, -0.05) is 56.8 Å². The average Bonchev–Trinajstić information content (AvgIpc) is 3.41. The second-order valence-electron chi connectivity index (χ2n) is 9.70. The normalized spacial score (nSPS) is 20.8. The molecule has 35 heavy (non-hydrogen) atoms. The Kier molecular flexibility index (Phi) is 5.64. The lowest BCUT2D eigenvalue weighted by Crippen LogP contribution is -2.33. The van der Waals surface area contributed by atoms with Crippen LogP contribution >= 0.6 is 0 Å². The molecule has 9 nitrogen and oxygen atoms in total. The maximum Gasteiger partial charge on any atom is 0.247 e. The number of anilines is 3. The summed E-state index contributed by atoms with van der Waals surface area (Å²) in [5.41, 5.74) is 3.37. The van der Waals surface area contributed by atoms with Crippen LogP contribution in [0.2, 0.25) is 0 Å². The van der Waals surface area contributed by atoms with Crippen molar-refractivity contribution in [3.63, 3.8) is 0 Å². The van der Waals surface area contributed by atoms with Gasteiger partial charge in [-0.2, -0.15) is 4.98 Å². The summed E-state index contributed by atoms with van der Waals surface area (Å²) >= 11 is 0. The van der Waals surface area contributed by atoms with Gasteiger partial charge in [0, 0.05) is 36.0 Å². The predicted octanol–water partition coefficient (Wildman–Crippen LogP) is 3.88. The first-order valence-corrected chi connectivity index (χ1v) is 11.6. The topological polar surface area (TPSA) is 119 Å². The van der Waals surface area contributed by atoms with Gasteiger partial charge < -0.3 is 20.6 Å². The Labute approximate surface area is 204 Å². The largest absolute Gasteiger partial charge is 0.391 e. The van der Waals surface area contributed by atoms with Crippen LogP contribution in [0.15, 0.2) is 55.1 Å². The summed E-state index contributed by atoms with van der Waals surface area (Å²) in [6.07, 6.45) is 1.95. The van der Waals surface area contributed by atoms with E-state index in [1.165, 1.54) is 10.9 Å². The number of amides is 1. The van der Waals surface area contributed by atoms with E-state index in [9.17, 15) is 9.90 Å². The van der Waals surface area contributed by atoms with Gasteiger partial charge in [0.1, 0.15) is 0 Å².